The molecule has 3 heteroatoms. The van der Waals surface area contributed by atoms with E-state index in [2.05, 4.69) is 11.8 Å². The summed E-state index contributed by atoms with van der Waals surface area (Å²) in [7, 11) is 0. The molecule has 0 bridgehead atoms. The van der Waals surface area contributed by atoms with Crippen LogP contribution in [0.1, 0.15) is 54.9 Å². The molecule has 19 heavy (non-hydrogen) atoms. The summed E-state index contributed by atoms with van der Waals surface area (Å²) in [6, 6.07) is 7.98. The molecule has 1 unspecified atom stereocenters. The molecule has 1 fully saturated rings. The molecule has 0 radical (unpaired) electrons. The third-order valence-electron chi connectivity index (χ3n) is 4.09. The number of aromatic carboxylic acids is 1. The zero-order valence-corrected chi connectivity index (χ0v) is 11.6. The van der Waals surface area contributed by atoms with Crippen molar-refractivity contribution in [3.63, 3.8) is 0 Å². The SMILES string of the molecule is CCC1CCCCCN1Cc1ccccc1C(=O)O. The van der Waals surface area contributed by atoms with E-state index in [1.165, 1.54) is 25.7 Å². The second kappa shape index (κ2) is 6.71. The van der Waals surface area contributed by atoms with Crippen molar-refractivity contribution >= 4 is 5.97 Å². The van der Waals surface area contributed by atoms with Crippen LogP contribution in [0.3, 0.4) is 0 Å². The van der Waals surface area contributed by atoms with E-state index in [1.807, 2.05) is 12.1 Å². The Morgan fingerprint density at radius 2 is 2.11 bits per heavy atom. The van der Waals surface area contributed by atoms with E-state index in [4.69, 9.17) is 0 Å². The Labute approximate surface area is 115 Å². The number of rotatable bonds is 4. The minimum Gasteiger partial charge on any atom is -0.478 e. The van der Waals surface area contributed by atoms with Gasteiger partial charge in [0.25, 0.3) is 0 Å². The molecule has 1 atom stereocenters. The van der Waals surface area contributed by atoms with Crippen molar-refractivity contribution in [3.8, 4) is 0 Å². The van der Waals surface area contributed by atoms with Crippen molar-refractivity contribution in [2.45, 2.75) is 51.6 Å². The maximum Gasteiger partial charge on any atom is 0.336 e. The predicted octanol–water partition coefficient (Wildman–Crippen LogP) is 3.54. The molecule has 0 aliphatic carbocycles. The summed E-state index contributed by atoms with van der Waals surface area (Å²) >= 11 is 0. The molecule has 0 aromatic heterocycles. The summed E-state index contributed by atoms with van der Waals surface area (Å²) in [5.41, 5.74) is 1.39. The highest BCUT2D eigenvalue weighted by molar-refractivity contribution is 5.89. The zero-order chi connectivity index (χ0) is 13.7. The van der Waals surface area contributed by atoms with Crippen LogP contribution in [0.2, 0.25) is 0 Å². The lowest BCUT2D eigenvalue weighted by molar-refractivity contribution is 0.0693. The molecule has 2 rings (SSSR count). The van der Waals surface area contributed by atoms with Crippen molar-refractivity contribution in [1.82, 2.24) is 4.90 Å². The summed E-state index contributed by atoms with van der Waals surface area (Å²) in [6.45, 7) is 4.08. The first-order valence-corrected chi connectivity index (χ1v) is 7.27. The molecule has 1 aromatic carbocycles. The van der Waals surface area contributed by atoms with Crippen LogP contribution in [0.25, 0.3) is 0 Å². The van der Waals surface area contributed by atoms with Gasteiger partial charge >= 0.3 is 5.97 Å². The van der Waals surface area contributed by atoms with Gasteiger partial charge in [0.1, 0.15) is 0 Å². The molecule has 1 saturated heterocycles. The van der Waals surface area contributed by atoms with Crippen molar-refractivity contribution < 1.29 is 9.90 Å². The monoisotopic (exact) mass is 261 g/mol. The zero-order valence-electron chi connectivity index (χ0n) is 11.6. The lowest BCUT2D eigenvalue weighted by atomic mass is 10.0. The maximum absolute atomic E-state index is 11.3. The Hall–Kier alpha value is -1.35. The fraction of sp³-hybridized carbons (Fsp3) is 0.562. The molecule has 1 aliphatic heterocycles. The second-order valence-electron chi connectivity index (χ2n) is 5.34. The number of carboxylic acids is 1. The summed E-state index contributed by atoms with van der Waals surface area (Å²) in [4.78, 5) is 13.7. The first-order chi connectivity index (χ1) is 9.22. The number of carboxylic acid groups (broad SMARTS) is 1. The summed E-state index contributed by atoms with van der Waals surface area (Å²) in [6.07, 6.45) is 6.22. The Morgan fingerprint density at radius 3 is 2.84 bits per heavy atom. The van der Waals surface area contributed by atoms with Crippen LogP contribution in [-0.2, 0) is 6.54 Å². The number of nitrogens with zero attached hydrogens (tertiary/aromatic N) is 1. The van der Waals surface area contributed by atoms with Gasteiger partial charge in [0.2, 0.25) is 0 Å². The lowest BCUT2D eigenvalue weighted by Crippen LogP contribution is -2.34. The molecule has 1 aliphatic rings. The molecule has 1 aromatic rings. The summed E-state index contributed by atoms with van der Waals surface area (Å²) < 4.78 is 0. The van der Waals surface area contributed by atoms with Gasteiger partial charge in [-0.2, -0.15) is 0 Å². The van der Waals surface area contributed by atoms with Gasteiger partial charge in [0.15, 0.2) is 0 Å². The fourth-order valence-corrected chi connectivity index (χ4v) is 2.99. The summed E-state index contributed by atoms with van der Waals surface area (Å²) in [5.74, 6) is -0.821. The highest BCUT2D eigenvalue weighted by Gasteiger charge is 2.21. The van der Waals surface area contributed by atoms with Gasteiger partial charge in [-0.25, -0.2) is 4.79 Å². The number of hydrogen-bond donors (Lipinski definition) is 1. The van der Waals surface area contributed by atoms with Gasteiger partial charge in [-0.1, -0.05) is 38.0 Å². The van der Waals surface area contributed by atoms with E-state index < -0.39 is 5.97 Å². The van der Waals surface area contributed by atoms with Crippen LogP contribution in [0, 0.1) is 0 Å². The molecule has 104 valence electrons. The van der Waals surface area contributed by atoms with E-state index in [0.717, 1.165) is 25.1 Å². The molecular formula is C16H23NO2. The number of benzene rings is 1. The minimum atomic E-state index is -0.821. The predicted molar refractivity (Wildman–Crippen MR) is 76.4 cm³/mol. The lowest BCUT2D eigenvalue weighted by Gasteiger charge is -2.29. The van der Waals surface area contributed by atoms with Crippen molar-refractivity contribution in [3.05, 3.63) is 35.4 Å². The summed E-state index contributed by atoms with van der Waals surface area (Å²) in [5, 5.41) is 9.26. The number of likely N-dealkylation sites (tertiary alicyclic amines) is 1. The van der Waals surface area contributed by atoms with Crippen LogP contribution in [-0.4, -0.2) is 28.6 Å². The molecule has 1 heterocycles. The maximum atomic E-state index is 11.3. The largest absolute Gasteiger partial charge is 0.478 e. The first-order valence-electron chi connectivity index (χ1n) is 7.27. The van der Waals surface area contributed by atoms with Gasteiger partial charge in [0, 0.05) is 12.6 Å². The van der Waals surface area contributed by atoms with Crippen LogP contribution < -0.4 is 0 Å². The van der Waals surface area contributed by atoms with Gasteiger partial charge in [0.05, 0.1) is 5.56 Å². The highest BCUT2D eigenvalue weighted by atomic mass is 16.4. The van der Waals surface area contributed by atoms with Crippen LogP contribution in [0.5, 0.6) is 0 Å². The molecule has 0 saturated carbocycles. The van der Waals surface area contributed by atoms with Crippen molar-refractivity contribution in [2.24, 2.45) is 0 Å². The van der Waals surface area contributed by atoms with Gasteiger partial charge in [-0.3, -0.25) is 4.90 Å². The Bertz CT molecular complexity index is 431. The van der Waals surface area contributed by atoms with E-state index in [9.17, 15) is 9.90 Å². The number of carbonyl (C=O) groups is 1. The van der Waals surface area contributed by atoms with Gasteiger partial charge < -0.3 is 5.11 Å². The van der Waals surface area contributed by atoms with Crippen LogP contribution in [0.4, 0.5) is 0 Å². The normalized spacial score (nSPS) is 21.0. The minimum absolute atomic E-state index is 0.446. The van der Waals surface area contributed by atoms with E-state index in [0.29, 0.717) is 11.6 Å². The third kappa shape index (κ3) is 3.57. The second-order valence-corrected chi connectivity index (χ2v) is 5.34. The Morgan fingerprint density at radius 1 is 1.32 bits per heavy atom. The van der Waals surface area contributed by atoms with Crippen molar-refractivity contribution in [1.29, 1.82) is 0 Å². The first kappa shape index (κ1) is 14.1. The average Bonchev–Trinajstić information content (AvgIpc) is 2.64. The highest BCUT2D eigenvalue weighted by Crippen LogP contribution is 2.22. The molecule has 3 nitrogen and oxygen atoms in total. The molecule has 0 amide bonds. The van der Waals surface area contributed by atoms with Gasteiger partial charge in [-0.15, -0.1) is 0 Å². The van der Waals surface area contributed by atoms with Crippen LogP contribution in [0.15, 0.2) is 24.3 Å². The van der Waals surface area contributed by atoms with Crippen LogP contribution >= 0.6 is 0 Å². The molecule has 1 N–H and O–H groups in total. The number of hydrogen-bond acceptors (Lipinski definition) is 2. The van der Waals surface area contributed by atoms with E-state index >= 15 is 0 Å². The van der Waals surface area contributed by atoms with Crippen molar-refractivity contribution in [2.75, 3.05) is 6.54 Å². The average molecular weight is 261 g/mol. The fourth-order valence-electron chi connectivity index (χ4n) is 2.99. The smallest absolute Gasteiger partial charge is 0.336 e. The Balaban J connectivity index is 2.16. The topological polar surface area (TPSA) is 40.5 Å². The Kier molecular flexibility index (Phi) is 4.97. The third-order valence-corrected chi connectivity index (χ3v) is 4.09. The van der Waals surface area contributed by atoms with E-state index in [1.54, 1.807) is 12.1 Å². The van der Waals surface area contributed by atoms with E-state index in [-0.39, 0.29) is 0 Å². The molecule has 0 spiro atoms. The standard InChI is InChI=1S/C16H23NO2/c1-2-14-9-4-3-7-11-17(14)12-13-8-5-6-10-15(13)16(18)19/h5-6,8,10,14H,2-4,7,9,11-12H2,1H3,(H,18,19). The molecular weight excluding hydrogens is 238 g/mol. The quantitative estimate of drug-likeness (QED) is 0.901. The van der Waals surface area contributed by atoms with Gasteiger partial charge in [-0.05, 0) is 37.4 Å².